The van der Waals surface area contributed by atoms with E-state index in [0.29, 0.717) is 18.0 Å². The third kappa shape index (κ3) is 3.80. The van der Waals surface area contributed by atoms with Crippen molar-refractivity contribution in [3.8, 4) is 0 Å². The third-order valence-corrected chi connectivity index (χ3v) is 2.99. The van der Waals surface area contributed by atoms with Gasteiger partial charge in [0.1, 0.15) is 5.82 Å². The van der Waals surface area contributed by atoms with Gasteiger partial charge >= 0.3 is 0 Å². The number of amides is 1. The van der Waals surface area contributed by atoms with Crippen LogP contribution in [0.15, 0.2) is 48.5 Å². The second-order valence-electron chi connectivity index (χ2n) is 4.15. The molecule has 0 atom stereocenters. The molecule has 0 aliphatic heterocycles. The minimum atomic E-state index is -0.309. The maximum atomic E-state index is 13.0. The molecule has 0 spiro atoms. The number of hydrogen-bond acceptors (Lipinski definition) is 1. The van der Waals surface area contributed by atoms with Crippen LogP contribution in [-0.2, 0) is 12.4 Å². The summed E-state index contributed by atoms with van der Waals surface area (Å²) in [6.45, 7) is 0.293. The Morgan fingerprint density at radius 3 is 2.58 bits per heavy atom. The van der Waals surface area contributed by atoms with Crippen LogP contribution in [0.5, 0.6) is 0 Å². The Bertz CT molecular complexity index is 586. The molecule has 1 N–H and O–H groups in total. The van der Waals surface area contributed by atoms with Crippen molar-refractivity contribution in [2.75, 3.05) is 0 Å². The number of carbonyl (C=O) groups is 1. The largest absolute Gasteiger partial charge is 0.348 e. The van der Waals surface area contributed by atoms with Gasteiger partial charge in [0, 0.05) is 18.0 Å². The lowest BCUT2D eigenvalue weighted by Crippen LogP contribution is -2.22. The molecule has 0 saturated heterocycles. The molecule has 1 amide bonds. The molecular formula is C15H13ClFNO. The molecule has 2 nitrogen and oxygen atoms in total. The minimum Gasteiger partial charge on any atom is -0.348 e. The molecule has 0 aliphatic carbocycles. The van der Waals surface area contributed by atoms with E-state index >= 15 is 0 Å². The number of rotatable bonds is 4. The van der Waals surface area contributed by atoms with Crippen molar-refractivity contribution in [3.63, 3.8) is 0 Å². The topological polar surface area (TPSA) is 29.1 Å². The lowest BCUT2D eigenvalue weighted by molar-refractivity contribution is 0.0951. The van der Waals surface area contributed by atoms with E-state index in [4.69, 9.17) is 11.6 Å². The molecule has 0 radical (unpaired) electrons. The quantitative estimate of drug-likeness (QED) is 0.852. The molecule has 0 aliphatic rings. The van der Waals surface area contributed by atoms with Crippen molar-refractivity contribution in [2.45, 2.75) is 12.4 Å². The first kappa shape index (κ1) is 13.6. The first-order valence-electron chi connectivity index (χ1n) is 5.86. The lowest BCUT2D eigenvalue weighted by Gasteiger charge is -2.06. The summed E-state index contributed by atoms with van der Waals surface area (Å²) in [7, 11) is 0. The van der Waals surface area contributed by atoms with Crippen LogP contribution in [-0.4, -0.2) is 5.91 Å². The molecule has 0 unspecified atom stereocenters. The Hall–Kier alpha value is -1.87. The Morgan fingerprint density at radius 2 is 1.84 bits per heavy atom. The highest BCUT2D eigenvalue weighted by atomic mass is 35.5. The van der Waals surface area contributed by atoms with Gasteiger partial charge in [-0.2, -0.15) is 0 Å². The van der Waals surface area contributed by atoms with Crippen molar-refractivity contribution in [1.29, 1.82) is 0 Å². The smallest absolute Gasteiger partial charge is 0.251 e. The first-order valence-corrected chi connectivity index (χ1v) is 6.40. The van der Waals surface area contributed by atoms with Crippen molar-refractivity contribution in [2.24, 2.45) is 0 Å². The zero-order valence-electron chi connectivity index (χ0n) is 10.2. The standard InChI is InChI=1S/C15H13ClFNO/c16-9-11-3-1-5-13(7-11)15(19)18-10-12-4-2-6-14(17)8-12/h1-8H,9-10H2,(H,18,19). The van der Waals surface area contributed by atoms with Gasteiger partial charge in [-0.1, -0.05) is 24.3 Å². The molecule has 0 heterocycles. The van der Waals surface area contributed by atoms with Crippen molar-refractivity contribution < 1.29 is 9.18 Å². The van der Waals surface area contributed by atoms with Gasteiger partial charge in [0.15, 0.2) is 0 Å². The van der Waals surface area contributed by atoms with Gasteiger partial charge in [-0.05, 0) is 35.4 Å². The van der Waals surface area contributed by atoms with E-state index in [1.807, 2.05) is 6.07 Å². The molecule has 0 fully saturated rings. The Morgan fingerprint density at radius 1 is 1.11 bits per heavy atom. The molecule has 4 heteroatoms. The van der Waals surface area contributed by atoms with Crippen LogP contribution in [0.3, 0.4) is 0 Å². The Kier molecular flexibility index (Phi) is 4.53. The number of nitrogens with one attached hydrogen (secondary N) is 1. The summed E-state index contributed by atoms with van der Waals surface area (Å²) in [5.41, 5.74) is 2.16. The van der Waals surface area contributed by atoms with E-state index in [1.54, 1.807) is 30.3 Å². The van der Waals surface area contributed by atoms with E-state index in [1.165, 1.54) is 12.1 Å². The van der Waals surface area contributed by atoms with E-state index in [9.17, 15) is 9.18 Å². The van der Waals surface area contributed by atoms with Gasteiger partial charge in [0.2, 0.25) is 0 Å². The maximum absolute atomic E-state index is 13.0. The summed E-state index contributed by atoms with van der Waals surface area (Å²) >= 11 is 5.72. The second-order valence-corrected chi connectivity index (χ2v) is 4.41. The van der Waals surface area contributed by atoms with Crippen LogP contribution in [0.25, 0.3) is 0 Å². The zero-order valence-corrected chi connectivity index (χ0v) is 11.0. The average Bonchev–Trinajstić information content (AvgIpc) is 2.45. The SMILES string of the molecule is O=C(NCc1cccc(F)c1)c1cccc(CCl)c1. The van der Waals surface area contributed by atoms with E-state index < -0.39 is 0 Å². The third-order valence-electron chi connectivity index (χ3n) is 2.69. The van der Waals surface area contributed by atoms with Crippen LogP contribution < -0.4 is 5.32 Å². The summed E-state index contributed by atoms with van der Waals surface area (Å²) in [6, 6.07) is 13.3. The first-order chi connectivity index (χ1) is 9.19. The Balaban J connectivity index is 2.01. The highest BCUT2D eigenvalue weighted by molar-refractivity contribution is 6.17. The van der Waals surface area contributed by atoms with Gasteiger partial charge < -0.3 is 5.32 Å². The fourth-order valence-electron chi connectivity index (χ4n) is 1.73. The van der Waals surface area contributed by atoms with Crippen molar-refractivity contribution in [3.05, 3.63) is 71.0 Å². The fraction of sp³-hybridized carbons (Fsp3) is 0.133. The van der Waals surface area contributed by atoms with Crippen LogP contribution in [0.1, 0.15) is 21.5 Å². The van der Waals surface area contributed by atoms with Gasteiger partial charge in [-0.3, -0.25) is 4.79 Å². The fourth-order valence-corrected chi connectivity index (χ4v) is 1.89. The Labute approximate surface area is 116 Å². The van der Waals surface area contributed by atoms with Gasteiger partial charge in [-0.25, -0.2) is 4.39 Å². The lowest BCUT2D eigenvalue weighted by atomic mass is 10.1. The molecule has 0 bridgehead atoms. The van der Waals surface area contributed by atoms with E-state index in [2.05, 4.69) is 5.32 Å². The van der Waals surface area contributed by atoms with Crippen LogP contribution >= 0.6 is 11.6 Å². The summed E-state index contributed by atoms with van der Waals surface area (Å²) in [6.07, 6.45) is 0. The molecule has 19 heavy (non-hydrogen) atoms. The summed E-state index contributed by atoms with van der Waals surface area (Å²) < 4.78 is 13.0. The molecule has 2 aromatic carbocycles. The molecule has 98 valence electrons. The predicted octanol–water partition coefficient (Wildman–Crippen LogP) is 3.49. The van der Waals surface area contributed by atoms with E-state index in [0.717, 1.165) is 11.1 Å². The highest BCUT2D eigenvalue weighted by Gasteiger charge is 2.06. The molecule has 0 saturated carbocycles. The van der Waals surface area contributed by atoms with Gasteiger partial charge in [-0.15, -0.1) is 11.6 Å². The van der Waals surface area contributed by atoms with Gasteiger partial charge in [0.25, 0.3) is 5.91 Å². The van der Waals surface area contributed by atoms with Gasteiger partial charge in [0.05, 0.1) is 0 Å². The average molecular weight is 278 g/mol. The number of benzene rings is 2. The van der Waals surface area contributed by atoms with Crippen LogP contribution in [0.4, 0.5) is 4.39 Å². The zero-order chi connectivity index (χ0) is 13.7. The highest BCUT2D eigenvalue weighted by Crippen LogP contribution is 2.08. The van der Waals surface area contributed by atoms with Crippen LogP contribution in [0, 0.1) is 5.82 Å². The van der Waals surface area contributed by atoms with Crippen LogP contribution in [0.2, 0.25) is 0 Å². The summed E-state index contributed by atoms with van der Waals surface area (Å²) in [5.74, 6) is -0.141. The monoisotopic (exact) mass is 277 g/mol. The number of alkyl halides is 1. The van der Waals surface area contributed by atoms with Crippen molar-refractivity contribution in [1.82, 2.24) is 5.32 Å². The van der Waals surface area contributed by atoms with Crippen molar-refractivity contribution >= 4 is 17.5 Å². The normalized spacial score (nSPS) is 10.2. The molecule has 2 rings (SSSR count). The number of hydrogen-bond donors (Lipinski definition) is 1. The molecule has 0 aromatic heterocycles. The number of halogens is 2. The minimum absolute atomic E-state index is 0.198. The summed E-state index contributed by atoms with van der Waals surface area (Å²) in [5, 5.41) is 2.75. The molecular weight excluding hydrogens is 265 g/mol. The predicted molar refractivity (Wildman–Crippen MR) is 73.6 cm³/mol. The number of carbonyl (C=O) groups excluding carboxylic acids is 1. The van der Waals surface area contributed by atoms with E-state index in [-0.39, 0.29) is 11.7 Å². The second kappa shape index (κ2) is 6.34. The molecule has 2 aromatic rings. The maximum Gasteiger partial charge on any atom is 0.251 e. The summed E-state index contributed by atoms with van der Waals surface area (Å²) in [4.78, 5) is 11.9.